The molecule has 2 aromatic rings. The van der Waals surface area contributed by atoms with Gasteiger partial charge in [-0.3, -0.25) is 4.79 Å². The van der Waals surface area contributed by atoms with Crippen LogP contribution in [0.5, 0.6) is 0 Å². The van der Waals surface area contributed by atoms with Crippen molar-refractivity contribution in [1.82, 2.24) is 4.90 Å². The van der Waals surface area contributed by atoms with E-state index >= 15 is 0 Å². The molecule has 0 N–H and O–H groups in total. The number of hydrogen-bond acceptors (Lipinski definition) is 1. The minimum atomic E-state index is 0.288. The minimum absolute atomic E-state index is 0.288. The molecule has 1 fully saturated rings. The van der Waals surface area contributed by atoms with Crippen LogP contribution in [0.1, 0.15) is 24.8 Å². The Bertz CT molecular complexity index is 645. The fourth-order valence-electron chi connectivity index (χ4n) is 2.91. The maximum atomic E-state index is 12.1. The summed E-state index contributed by atoms with van der Waals surface area (Å²) in [5.74, 6) is 0.288. The second-order valence-corrected chi connectivity index (χ2v) is 6.23. The molecule has 0 saturated carbocycles. The van der Waals surface area contributed by atoms with Crippen molar-refractivity contribution in [2.75, 3.05) is 13.1 Å². The highest BCUT2D eigenvalue weighted by Crippen LogP contribution is 2.23. The van der Waals surface area contributed by atoms with Crippen molar-refractivity contribution in [3.05, 3.63) is 59.1 Å². The van der Waals surface area contributed by atoms with Crippen LogP contribution in [0.4, 0.5) is 0 Å². The zero-order chi connectivity index (χ0) is 15.4. The van der Waals surface area contributed by atoms with E-state index in [1.54, 1.807) is 0 Å². The number of hydrogen-bond donors (Lipinski definition) is 0. The normalized spacial score (nSPS) is 14.3. The van der Waals surface area contributed by atoms with Gasteiger partial charge in [-0.25, -0.2) is 0 Å². The molecule has 1 aliphatic heterocycles. The van der Waals surface area contributed by atoms with Crippen LogP contribution < -0.4 is 0 Å². The van der Waals surface area contributed by atoms with Gasteiger partial charge < -0.3 is 4.90 Å². The smallest absolute Gasteiger partial charge is 0.222 e. The molecular formula is C19H20ClNO. The Hall–Kier alpha value is -1.80. The molecule has 0 bridgehead atoms. The van der Waals surface area contributed by atoms with Crippen molar-refractivity contribution in [2.24, 2.45) is 0 Å². The molecule has 0 radical (unpaired) electrons. The number of halogens is 1. The lowest BCUT2D eigenvalue weighted by molar-refractivity contribution is -0.130. The van der Waals surface area contributed by atoms with Gasteiger partial charge in [0.1, 0.15) is 0 Å². The van der Waals surface area contributed by atoms with Gasteiger partial charge in [0.15, 0.2) is 0 Å². The average Bonchev–Trinajstić information content (AvgIpc) is 3.08. The molecule has 3 heteroatoms. The van der Waals surface area contributed by atoms with Crippen LogP contribution in [0.15, 0.2) is 48.5 Å². The molecule has 2 aromatic carbocycles. The van der Waals surface area contributed by atoms with E-state index in [1.165, 1.54) is 5.56 Å². The van der Waals surface area contributed by atoms with Crippen LogP contribution in [0.25, 0.3) is 11.1 Å². The molecule has 0 aliphatic carbocycles. The van der Waals surface area contributed by atoms with Crippen molar-refractivity contribution in [3.63, 3.8) is 0 Å². The molecule has 1 amide bonds. The topological polar surface area (TPSA) is 20.3 Å². The number of likely N-dealkylation sites (tertiary alicyclic amines) is 1. The maximum Gasteiger partial charge on any atom is 0.222 e. The highest BCUT2D eigenvalue weighted by atomic mass is 35.5. The van der Waals surface area contributed by atoms with E-state index in [2.05, 4.69) is 30.3 Å². The number of amides is 1. The van der Waals surface area contributed by atoms with E-state index in [0.29, 0.717) is 6.42 Å². The molecule has 1 saturated heterocycles. The van der Waals surface area contributed by atoms with E-state index in [1.807, 2.05) is 23.1 Å². The van der Waals surface area contributed by atoms with Crippen LogP contribution in [0, 0.1) is 0 Å². The lowest BCUT2D eigenvalue weighted by Crippen LogP contribution is -2.27. The third kappa shape index (κ3) is 3.69. The van der Waals surface area contributed by atoms with Gasteiger partial charge >= 0.3 is 0 Å². The third-order valence-electron chi connectivity index (χ3n) is 4.20. The summed E-state index contributed by atoms with van der Waals surface area (Å²) in [5, 5.41) is 0.748. The zero-order valence-electron chi connectivity index (χ0n) is 12.6. The zero-order valence-corrected chi connectivity index (χ0v) is 13.4. The number of carbonyl (C=O) groups is 1. The van der Waals surface area contributed by atoms with Crippen molar-refractivity contribution in [1.29, 1.82) is 0 Å². The van der Waals surface area contributed by atoms with Crippen LogP contribution in [0.3, 0.4) is 0 Å². The second kappa shape index (κ2) is 6.97. The van der Waals surface area contributed by atoms with Gasteiger partial charge in [-0.1, -0.05) is 48.0 Å². The number of benzene rings is 2. The summed E-state index contributed by atoms with van der Waals surface area (Å²) in [5.41, 5.74) is 3.47. The van der Waals surface area contributed by atoms with Gasteiger partial charge in [0.25, 0.3) is 0 Å². The van der Waals surface area contributed by atoms with Gasteiger partial charge in [-0.2, -0.15) is 0 Å². The Labute approximate surface area is 136 Å². The van der Waals surface area contributed by atoms with E-state index in [4.69, 9.17) is 11.6 Å². The Morgan fingerprint density at radius 3 is 2.41 bits per heavy atom. The Kier molecular flexibility index (Phi) is 4.79. The number of rotatable bonds is 4. The highest BCUT2D eigenvalue weighted by molar-refractivity contribution is 6.30. The number of nitrogens with zero attached hydrogens (tertiary/aromatic N) is 1. The standard InChI is InChI=1S/C19H20ClNO/c20-18-5-3-4-17(14-18)16-9-6-15(7-10-16)8-11-19(22)21-12-1-2-13-21/h3-7,9-10,14H,1-2,8,11-13H2. The van der Waals surface area contributed by atoms with Crippen molar-refractivity contribution >= 4 is 17.5 Å². The summed E-state index contributed by atoms with van der Waals surface area (Å²) in [6.07, 6.45) is 3.72. The Balaban J connectivity index is 1.60. The SMILES string of the molecule is O=C(CCc1ccc(-c2cccc(Cl)c2)cc1)N1CCCC1. The van der Waals surface area contributed by atoms with Gasteiger partial charge in [-0.05, 0) is 48.1 Å². The van der Waals surface area contributed by atoms with Crippen LogP contribution in [-0.2, 0) is 11.2 Å². The lowest BCUT2D eigenvalue weighted by atomic mass is 10.0. The monoisotopic (exact) mass is 313 g/mol. The van der Waals surface area contributed by atoms with Crippen LogP contribution in [0.2, 0.25) is 5.02 Å². The van der Waals surface area contributed by atoms with Gasteiger partial charge in [0.05, 0.1) is 0 Å². The van der Waals surface area contributed by atoms with E-state index in [0.717, 1.165) is 48.5 Å². The van der Waals surface area contributed by atoms with Crippen molar-refractivity contribution in [3.8, 4) is 11.1 Å². The summed E-state index contributed by atoms with van der Waals surface area (Å²) in [6, 6.07) is 16.3. The summed E-state index contributed by atoms with van der Waals surface area (Å²) in [7, 11) is 0. The predicted octanol–water partition coefficient (Wildman–Crippen LogP) is 4.56. The summed E-state index contributed by atoms with van der Waals surface area (Å²) in [6.45, 7) is 1.87. The molecule has 1 aliphatic rings. The van der Waals surface area contributed by atoms with E-state index in [9.17, 15) is 4.79 Å². The lowest BCUT2D eigenvalue weighted by Gasteiger charge is -2.15. The molecule has 2 nitrogen and oxygen atoms in total. The Morgan fingerprint density at radius 1 is 1.00 bits per heavy atom. The fourth-order valence-corrected chi connectivity index (χ4v) is 3.10. The molecule has 3 rings (SSSR count). The average molecular weight is 314 g/mol. The highest BCUT2D eigenvalue weighted by Gasteiger charge is 2.17. The number of aryl methyl sites for hydroxylation is 1. The summed E-state index contributed by atoms with van der Waals surface area (Å²) in [4.78, 5) is 14.0. The summed E-state index contributed by atoms with van der Waals surface area (Å²) >= 11 is 6.03. The van der Waals surface area contributed by atoms with Gasteiger partial charge in [-0.15, -0.1) is 0 Å². The molecule has 0 aromatic heterocycles. The molecule has 22 heavy (non-hydrogen) atoms. The Morgan fingerprint density at radius 2 is 1.73 bits per heavy atom. The van der Waals surface area contributed by atoms with Crippen LogP contribution >= 0.6 is 11.6 Å². The molecule has 0 unspecified atom stereocenters. The minimum Gasteiger partial charge on any atom is -0.343 e. The van der Waals surface area contributed by atoms with Crippen LogP contribution in [-0.4, -0.2) is 23.9 Å². The summed E-state index contributed by atoms with van der Waals surface area (Å²) < 4.78 is 0. The van der Waals surface area contributed by atoms with E-state index < -0.39 is 0 Å². The molecule has 1 heterocycles. The van der Waals surface area contributed by atoms with Crippen molar-refractivity contribution in [2.45, 2.75) is 25.7 Å². The fraction of sp³-hybridized carbons (Fsp3) is 0.316. The molecule has 0 spiro atoms. The largest absolute Gasteiger partial charge is 0.343 e. The first kappa shape index (κ1) is 15.1. The molecule has 114 valence electrons. The van der Waals surface area contributed by atoms with Gasteiger partial charge in [0.2, 0.25) is 5.91 Å². The molecule has 0 atom stereocenters. The maximum absolute atomic E-state index is 12.1. The second-order valence-electron chi connectivity index (χ2n) is 5.80. The van der Waals surface area contributed by atoms with E-state index in [-0.39, 0.29) is 5.91 Å². The first-order valence-electron chi connectivity index (χ1n) is 7.85. The first-order valence-corrected chi connectivity index (χ1v) is 8.23. The predicted molar refractivity (Wildman–Crippen MR) is 91.0 cm³/mol. The van der Waals surface area contributed by atoms with Crippen molar-refractivity contribution < 1.29 is 4.79 Å². The van der Waals surface area contributed by atoms with Gasteiger partial charge in [0, 0.05) is 24.5 Å². The third-order valence-corrected chi connectivity index (χ3v) is 4.43. The molecular weight excluding hydrogens is 294 g/mol. The number of carbonyl (C=O) groups excluding carboxylic acids is 1. The quantitative estimate of drug-likeness (QED) is 0.810. The first-order chi connectivity index (χ1) is 10.7.